The lowest BCUT2D eigenvalue weighted by molar-refractivity contribution is -0.137. The molecule has 2 unspecified atom stereocenters. The lowest BCUT2D eigenvalue weighted by Gasteiger charge is -2.47. The van der Waals surface area contributed by atoms with Gasteiger partial charge in [-0.15, -0.1) is 11.6 Å². The van der Waals surface area contributed by atoms with Crippen LogP contribution in [-0.4, -0.2) is 50.6 Å². The van der Waals surface area contributed by atoms with Gasteiger partial charge in [0.25, 0.3) is 11.8 Å². The molecule has 1 heterocycles. The first-order valence-electron chi connectivity index (χ1n) is 17.1. The molecule has 258 valence electrons. The number of carbonyl (C=O) groups is 3. The number of carbonyl (C=O) groups excluding carboxylic acids is 2. The molecule has 0 radical (unpaired) electrons. The van der Waals surface area contributed by atoms with Gasteiger partial charge in [-0.05, 0) is 117 Å². The van der Waals surface area contributed by atoms with E-state index in [1.54, 1.807) is 0 Å². The molecule has 4 rings (SSSR count). The summed E-state index contributed by atoms with van der Waals surface area (Å²) in [6.45, 7) is 15.9. The van der Waals surface area contributed by atoms with Crippen molar-refractivity contribution < 1.29 is 19.5 Å². The molecule has 2 atom stereocenters. The molecule has 2 N–H and O–H groups in total. The van der Waals surface area contributed by atoms with Crippen molar-refractivity contribution >= 4 is 46.7 Å². The van der Waals surface area contributed by atoms with Crippen LogP contribution in [-0.2, 0) is 9.59 Å². The summed E-state index contributed by atoms with van der Waals surface area (Å²) in [5.41, 5.74) is 2.31. The molecular weight excluding hydrogens is 633 g/mol. The maximum absolute atomic E-state index is 14.8. The van der Waals surface area contributed by atoms with Crippen LogP contribution >= 0.6 is 23.2 Å². The third-order valence-corrected chi connectivity index (χ3v) is 10.4. The van der Waals surface area contributed by atoms with Gasteiger partial charge < -0.3 is 15.3 Å². The monoisotopic (exact) mass is 685 g/mol. The van der Waals surface area contributed by atoms with E-state index in [9.17, 15) is 14.4 Å². The summed E-state index contributed by atoms with van der Waals surface area (Å²) in [4.78, 5) is 45.2. The number of halogens is 2. The number of nitrogens with one attached hydrogen (secondary N) is 1. The zero-order valence-electron chi connectivity index (χ0n) is 29.2. The van der Waals surface area contributed by atoms with Gasteiger partial charge in [-0.2, -0.15) is 0 Å². The molecule has 0 saturated heterocycles. The Bertz CT molecular complexity index is 1420. The summed E-state index contributed by atoms with van der Waals surface area (Å²) in [6.07, 6.45) is 10.5. The number of carboxylic acids is 1. The molecule has 1 saturated carbocycles. The van der Waals surface area contributed by atoms with Crippen molar-refractivity contribution in [2.24, 2.45) is 21.7 Å². The molecule has 1 spiro atoms. The van der Waals surface area contributed by atoms with E-state index in [2.05, 4.69) is 51.8 Å². The predicted molar refractivity (Wildman–Crippen MR) is 191 cm³/mol. The molecule has 7 nitrogen and oxygen atoms in total. The highest BCUT2D eigenvalue weighted by Crippen LogP contribution is 2.51. The van der Waals surface area contributed by atoms with Crippen molar-refractivity contribution in [3.8, 4) is 0 Å². The number of nitrogens with zero attached hydrogens (tertiary/aromatic N) is 2. The summed E-state index contributed by atoms with van der Waals surface area (Å²) in [6, 6.07) is 7.36. The van der Waals surface area contributed by atoms with Crippen LogP contribution in [0.4, 0.5) is 0 Å². The Hall–Kier alpha value is -2.64. The predicted octanol–water partition coefficient (Wildman–Crippen LogP) is 9.20. The van der Waals surface area contributed by atoms with Gasteiger partial charge in [0.05, 0.1) is 10.9 Å². The van der Waals surface area contributed by atoms with Gasteiger partial charge in [0.1, 0.15) is 11.4 Å². The second kappa shape index (κ2) is 14.5. The molecule has 2 aliphatic carbocycles. The Balaban J connectivity index is 1.68. The van der Waals surface area contributed by atoms with E-state index in [-0.39, 0.29) is 35.1 Å². The topological polar surface area (TPSA) is 99.1 Å². The number of benzene rings is 1. The Morgan fingerprint density at radius 3 is 2.28 bits per heavy atom. The highest BCUT2D eigenvalue weighted by molar-refractivity contribution is 6.48. The van der Waals surface area contributed by atoms with Crippen LogP contribution in [0.2, 0.25) is 0 Å². The quantitative estimate of drug-likeness (QED) is 0.179. The Labute approximate surface area is 291 Å². The maximum Gasteiger partial charge on any atom is 0.303 e. The number of hydrogen-bond acceptors (Lipinski definition) is 4. The third-order valence-electron chi connectivity index (χ3n) is 9.93. The average molecular weight is 687 g/mol. The molecule has 1 aromatic rings. The number of hydrogen-bond donors (Lipinski definition) is 2. The largest absolute Gasteiger partial charge is 0.481 e. The lowest BCUT2D eigenvalue weighted by atomic mass is 9.69. The van der Waals surface area contributed by atoms with E-state index in [0.29, 0.717) is 48.0 Å². The van der Waals surface area contributed by atoms with E-state index < -0.39 is 16.5 Å². The van der Waals surface area contributed by atoms with E-state index in [0.717, 1.165) is 49.7 Å². The minimum absolute atomic E-state index is 0.0485. The number of rotatable bonds is 11. The first-order valence-corrected chi connectivity index (χ1v) is 17.9. The van der Waals surface area contributed by atoms with Crippen molar-refractivity contribution in [1.29, 1.82) is 0 Å². The minimum Gasteiger partial charge on any atom is -0.481 e. The molecule has 1 aliphatic heterocycles. The summed E-state index contributed by atoms with van der Waals surface area (Å²) in [7, 11) is 0. The van der Waals surface area contributed by atoms with Gasteiger partial charge in [-0.3, -0.25) is 19.4 Å². The number of amides is 2. The summed E-state index contributed by atoms with van der Waals surface area (Å²) >= 11 is 13.3. The van der Waals surface area contributed by atoms with Crippen LogP contribution in [0.5, 0.6) is 0 Å². The van der Waals surface area contributed by atoms with Crippen molar-refractivity contribution in [2.45, 2.75) is 129 Å². The summed E-state index contributed by atoms with van der Waals surface area (Å²) in [5, 5.41) is 12.3. The Morgan fingerprint density at radius 2 is 1.72 bits per heavy atom. The lowest BCUT2D eigenvalue weighted by Crippen LogP contribution is -2.51. The average Bonchev–Trinajstić information content (AvgIpc) is 3.22. The fourth-order valence-corrected chi connectivity index (χ4v) is 7.94. The highest BCUT2D eigenvalue weighted by Gasteiger charge is 2.53. The molecule has 0 aromatic heterocycles. The number of carboxylic acid groups (broad SMARTS) is 1. The molecule has 9 heteroatoms. The molecule has 3 aliphatic rings. The fraction of sp³-hybridized carbons (Fsp3) is 0.632. The zero-order valence-corrected chi connectivity index (χ0v) is 30.7. The van der Waals surface area contributed by atoms with Gasteiger partial charge in [-0.1, -0.05) is 65.3 Å². The maximum atomic E-state index is 14.8. The normalized spacial score (nSPS) is 25.7. The van der Waals surface area contributed by atoms with Gasteiger partial charge in [-0.25, -0.2) is 0 Å². The van der Waals surface area contributed by atoms with E-state index in [1.807, 2.05) is 43.3 Å². The van der Waals surface area contributed by atoms with Gasteiger partial charge in [0, 0.05) is 23.6 Å². The van der Waals surface area contributed by atoms with E-state index >= 15 is 0 Å². The molecule has 1 fully saturated rings. The second-order valence-corrected chi connectivity index (χ2v) is 17.6. The second-order valence-electron chi connectivity index (χ2n) is 16.3. The Morgan fingerprint density at radius 1 is 1.09 bits per heavy atom. The minimum atomic E-state index is -0.834. The first kappa shape index (κ1) is 37.2. The smallest absolute Gasteiger partial charge is 0.303 e. The zero-order chi connectivity index (χ0) is 34.8. The number of allylic oxidation sites excluding steroid dienone is 3. The van der Waals surface area contributed by atoms with Crippen LogP contribution < -0.4 is 5.32 Å². The van der Waals surface area contributed by atoms with Gasteiger partial charge in [0.15, 0.2) is 0 Å². The number of aliphatic carboxylic acids is 1. The van der Waals surface area contributed by atoms with Gasteiger partial charge in [0.2, 0.25) is 0 Å². The van der Waals surface area contributed by atoms with E-state index in [4.69, 9.17) is 33.3 Å². The first-order chi connectivity index (χ1) is 21.8. The number of unbranched alkanes of at least 4 members (excludes halogenated alkanes) is 1. The van der Waals surface area contributed by atoms with Crippen molar-refractivity contribution in [2.75, 3.05) is 6.54 Å². The number of alkyl halides is 1. The molecular formula is C38H53Cl2N3O4. The molecule has 1 aromatic carbocycles. The summed E-state index contributed by atoms with van der Waals surface area (Å²) in [5.74, 6) is -0.570. The van der Waals surface area contributed by atoms with Crippen molar-refractivity contribution in [3.63, 3.8) is 0 Å². The van der Waals surface area contributed by atoms with Crippen LogP contribution in [0.1, 0.15) is 135 Å². The molecule has 2 amide bonds. The van der Waals surface area contributed by atoms with Crippen LogP contribution in [0.25, 0.3) is 0 Å². The number of aliphatic imine (C=N–C) groups is 1. The fourth-order valence-electron chi connectivity index (χ4n) is 7.25. The molecule has 0 bridgehead atoms. The van der Waals surface area contributed by atoms with Gasteiger partial charge >= 0.3 is 5.97 Å². The van der Waals surface area contributed by atoms with Crippen LogP contribution in [0.15, 0.2) is 52.0 Å². The highest BCUT2D eigenvalue weighted by atomic mass is 35.5. The molecule has 47 heavy (non-hydrogen) atoms. The Kier molecular flexibility index (Phi) is 11.4. The van der Waals surface area contributed by atoms with Crippen molar-refractivity contribution in [1.82, 2.24) is 10.2 Å². The third kappa shape index (κ3) is 9.50. The SMILES string of the molecule is CC(C)(C)CCC(c1ccc(C(=O)NCCCCC(=O)O)cc1)N1C(=O)C(C2=CC(Cl)=CC(C)(Cl)C2)=NC12CCC(C(C)(C)C)CC2. The summed E-state index contributed by atoms with van der Waals surface area (Å²) < 4.78 is 0. The van der Waals surface area contributed by atoms with E-state index in [1.165, 1.54) is 0 Å². The van der Waals surface area contributed by atoms with Crippen LogP contribution in [0, 0.1) is 16.7 Å². The standard InChI is InChI=1S/C38H53Cl2N3O4/c1-35(2,3)18-17-30(25-11-13-26(14-12-25)33(46)41-21-9-8-10-31(44)45)43-34(47)32(27-22-29(39)24-37(7,40)23-27)42-38(43)19-15-28(16-20-38)36(4,5)6/h11-14,22,24,28,30H,8-10,15-21,23H2,1-7H3,(H,41,46)(H,44,45). The van der Waals surface area contributed by atoms with Crippen molar-refractivity contribution in [3.05, 3.63) is 58.1 Å². The van der Waals surface area contributed by atoms with Crippen LogP contribution in [0.3, 0.4) is 0 Å².